The number of hydrogen-bond acceptors (Lipinski definition) is 1. The van der Waals surface area contributed by atoms with Crippen molar-refractivity contribution in [2.45, 2.75) is 26.9 Å². The summed E-state index contributed by atoms with van der Waals surface area (Å²) in [6.07, 6.45) is 2.00. The molecule has 0 radical (unpaired) electrons. The maximum atomic E-state index is 4.56. The monoisotopic (exact) mass is 280 g/mol. The molecule has 0 aliphatic heterocycles. The topological polar surface area (TPSA) is 15.6 Å². The van der Waals surface area contributed by atoms with E-state index >= 15 is 0 Å². The quantitative estimate of drug-likeness (QED) is 0.543. The third kappa shape index (κ3) is 5.82. The van der Waals surface area contributed by atoms with Crippen LogP contribution in [-0.4, -0.2) is 17.8 Å². The third-order valence-corrected chi connectivity index (χ3v) is 3.17. The highest BCUT2D eigenvalue weighted by atomic mass is 15.1. The van der Waals surface area contributed by atoms with Gasteiger partial charge in [-0.15, -0.1) is 0 Å². The van der Waals surface area contributed by atoms with E-state index < -0.39 is 0 Å². The molecule has 0 saturated carbocycles. The minimum absolute atomic E-state index is 0.594. The lowest BCUT2D eigenvalue weighted by molar-refractivity contribution is 0.416. The van der Waals surface area contributed by atoms with Gasteiger partial charge in [0.1, 0.15) is 0 Å². The molecule has 0 aromatic heterocycles. The Balaban J connectivity index is 2.04. The summed E-state index contributed by atoms with van der Waals surface area (Å²) in [6.45, 7) is 7.03. The van der Waals surface area contributed by atoms with Crippen molar-refractivity contribution in [3.8, 4) is 0 Å². The van der Waals surface area contributed by atoms with Crippen molar-refractivity contribution in [1.82, 2.24) is 4.90 Å². The largest absolute Gasteiger partial charge is 0.354 e. The van der Waals surface area contributed by atoms with Crippen LogP contribution >= 0.6 is 0 Å². The molecule has 0 saturated heterocycles. The second kappa shape index (κ2) is 8.25. The van der Waals surface area contributed by atoms with E-state index in [1.54, 1.807) is 0 Å². The van der Waals surface area contributed by atoms with Crippen LogP contribution in [0.25, 0.3) is 0 Å². The van der Waals surface area contributed by atoms with E-state index in [0.29, 0.717) is 5.92 Å². The molecule has 0 unspecified atom stereocenters. The summed E-state index contributed by atoms with van der Waals surface area (Å²) in [6, 6.07) is 21.1. The van der Waals surface area contributed by atoms with Crippen LogP contribution in [0.2, 0.25) is 0 Å². The Kier molecular flexibility index (Phi) is 6.01. The molecular weight excluding hydrogens is 256 g/mol. The van der Waals surface area contributed by atoms with Crippen LogP contribution < -0.4 is 0 Å². The summed E-state index contributed by atoms with van der Waals surface area (Å²) >= 11 is 0. The Bertz CT molecular complexity index is 491. The Morgan fingerprint density at radius 2 is 1.33 bits per heavy atom. The highest BCUT2D eigenvalue weighted by Gasteiger charge is 2.03. The van der Waals surface area contributed by atoms with Crippen molar-refractivity contribution >= 4 is 6.34 Å². The normalized spacial score (nSPS) is 11.2. The lowest BCUT2D eigenvalue weighted by Gasteiger charge is -2.20. The van der Waals surface area contributed by atoms with Crippen molar-refractivity contribution in [3.05, 3.63) is 71.8 Å². The first-order valence-electron chi connectivity index (χ1n) is 7.56. The average Bonchev–Trinajstić information content (AvgIpc) is 2.49. The number of benzene rings is 2. The summed E-state index contributed by atoms with van der Waals surface area (Å²) in [7, 11) is 0. The molecule has 0 spiro atoms. The number of hydrogen-bond donors (Lipinski definition) is 0. The van der Waals surface area contributed by atoms with Crippen LogP contribution in [0.1, 0.15) is 25.0 Å². The Morgan fingerprint density at radius 1 is 0.857 bits per heavy atom. The lowest BCUT2D eigenvalue weighted by Crippen LogP contribution is -2.21. The molecule has 110 valence electrons. The van der Waals surface area contributed by atoms with Crippen molar-refractivity contribution < 1.29 is 0 Å². The van der Waals surface area contributed by atoms with E-state index in [1.165, 1.54) is 11.1 Å². The average molecular weight is 280 g/mol. The molecule has 0 fully saturated rings. The van der Waals surface area contributed by atoms with Gasteiger partial charge in [0.25, 0.3) is 0 Å². The minimum Gasteiger partial charge on any atom is -0.354 e. The number of rotatable bonds is 7. The highest BCUT2D eigenvalue weighted by molar-refractivity contribution is 5.55. The van der Waals surface area contributed by atoms with E-state index in [2.05, 4.69) is 84.4 Å². The summed E-state index contributed by atoms with van der Waals surface area (Å²) in [4.78, 5) is 6.84. The number of nitrogens with zero attached hydrogens (tertiary/aromatic N) is 2. The van der Waals surface area contributed by atoms with E-state index in [4.69, 9.17) is 0 Å². The predicted octanol–water partition coefficient (Wildman–Crippen LogP) is 4.37. The zero-order chi connectivity index (χ0) is 14.9. The van der Waals surface area contributed by atoms with Crippen molar-refractivity contribution in [3.63, 3.8) is 0 Å². The van der Waals surface area contributed by atoms with Crippen LogP contribution in [0, 0.1) is 5.92 Å². The highest BCUT2D eigenvalue weighted by Crippen LogP contribution is 2.08. The molecule has 0 heterocycles. The first-order chi connectivity index (χ1) is 10.2. The van der Waals surface area contributed by atoms with Crippen LogP contribution in [0.5, 0.6) is 0 Å². The Morgan fingerprint density at radius 3 is 1.76 bits per heavy atom. The van der Waals surface area contributed by atoms with Gasteiger partial charge in [-0.2, -0.15) is 0 Å². The second-order valence-electron chi connectivity index (χ2n) is 5.75. The summed E-state index contributed by atoms with van der Waals surface area (Å²) in [5.41, 5.74) is 2.62. The minimum atomic E-state index is 0.594. The van der Waals surface area contributed by atoms with E-state index in [9.17, 15) is 0 Å². The zero-order valence-electron chi connectivity index (χ0n) is 12.9. The molecule has 0 aliphatic rings. The van der Waals surface area contributed by atoms with Gasteiger partial charge in [0, 0.05) is 19.6 Å². The lowest BCUT2D eigenvalue weighted by atomic mass is 10.2. The standard InChI is InChI=1S/C19H24N2/c1-17(2)13-20-16-21(14-18-9-5-3-6-10-18)15-19-11-7-4-8-12-19/h3-12,16-17H,13-15H2,1-2H3. The van der Waals surface area contributed by atoms with Gasteiger partial charge in [-0.3, -0.25) is 4.99 Å². The Labute approximate surface area is 128 Å². The van der Waals surface area contributed by atoms with Gasteiger partial charge in [-0.1, -0.05) is 74.5 Å². The SMILES string of the molecule is CC(C)CN=CN(Cc1ccccc1)Cc1ccccc1. The summed E-state index contributed by atoms with van der Waals surface area (Å²) in [5.74, 6) is 0.594. The maximum absolute atomic E-state index is 4.56. The second-order valence-corrected chi connectivity index (χ2v) is 5.75. The fourth-order valence-corrected chi connectivity index (χ4v) is 2.15. The molecule has 0 amide bonds. The van der Waals surface area contributed by atoms with Gasteiger partial charge in [0.15, 0.2) is 0 Å². The van der Waals surface area contributed by atoms with Crippen LogP contribution in [0.4, 0.5) is 0 Å². The molecule has 2 heteroatoms. The summed E-state index contributed by atoms with van der Waals surface area (Å²) < 4.78 is 0. The van der Waals surface area contributed by atoms with Crippen molar-refractivity contribution in [2.75, 3.05) is 6.54 Å². The number of aliphatic imine (C=N–C) groups is 1. The molecule has 0 atom stereocenters. The van der Waals surface area contributed by atoms with Crippen molar-refractivity contribution in [1.29, 1.82) is 0 Å². The zero-order valence-corrected chi connectivity index (χ0v) is 12.9. The summed E-state index contributed by atoms with van der Waals surface area (Å²) in [5, 5.41) is 0. The van der Waals surface area contributed by atoms with Gasteiger partial charge < -0.3 is 4.90 Å². The predicted molar refractivity (Wildman–Crippen MR) is 90.3 cm³/mol. The fourth-order valence-electron chi connectivity index (χ4n) is 2.15. The molecule has 2 nitrogen and oxygen atoms in total. The van der Waals surface area contributed by atoms with E-state index in [1.807, 2.05) is 6.34 Å². The molecule has 21 heavy (non-hydrogen) atoms. The maximum Gasteiger partial charge on any atom is 0.0855 e. The van der Waals surface area contributed by atoms with Gasteiger partial charge in [0.2, 0.25) is 0 Å². The van der Waals surface area contributed by atoms with Crippen LogP contribution in [0.15, 0.2) is 65.7 Å². The van der Waals surface area contributed by atoms with E-state index in [-0.39, 0.29) is 0 Å². The van der Waals surface area contributed by atoms with Gasteiger partial charge in [-0.05, 0) is 17.0 Å². The molecule has 2 rings (SSSR count). The molecule has 0 aliphatic carbocycles. The van der Waals surface area contributed by atoms with E-state index in [0.717, 1.165) is 19.6 Å². The van der Waals surface area contributed by atoms with Gasteiger partial charge in [-0.25, -0.2) is 0 Å². The molecule has 0 N–H and O–H groups in total. The molecule has 0 bridgehead atoms. The first-order valence-corrected chi connectivity index (χ1v) is 7.56. The third-order valence-electron chi connectivity index (χ3n) is 3.17. The molecule has 2 aromatic rings. The van der Waals surface area contributed by atoms with Gasteiger partial charge >= 0.3 is 0 Å². The van der Waals surface area contributed by atoms with Gasteiger partial charge in [0.05, 0.1) is 6.34 Å². The van der Waals surface area contributed by atoms with Crippen molar-refractivity contribution in [2.24, 2.45) is 10.9 Å². The fraction of sp³-hybridized carbons (Fsp3) is 0.316. The smallest absolute Gasteiger partial charge is 0.0855 e. The first kappa shape index (κ1) is 15.3. The van der Waals surface area contributed by atoms with Crippen LogP contribution in [-0.2, 0) is 13.1 Å². The van der Waals surface area contributed by atoms with Crippen LogP contribution in [0.3, 0.4) is 0 Å². The Hall–Kier alpha value is -2.09. The molecule has 2 aromatic carbocycles. The molecular formula is C19H24N2.